The highest BCUT2D eigenvalue weighted by molar-refractivity contribution is 9.10. The maximum Gasteiger partial charge on any atom is 0.203 e. The molecule has 0 atom stereocenters. The van der Waals surface area contributed by atoms with Crippen LogP contribution in [0.25, 0.3) is 0 Å². The molecule has 0 heterocycles. The number of aliphatic hydroxyl groups is 1. The number of benzene rings is 1. The molecule has 15 heavy (non-hydrogen) atoms. The first kappa shape index (κ1) is 12.1. The van der Waals surface area contributed by atoms with E-state index < -0.39 is 0 Å². The van der Waals surface area contributed by atoms with Crippen molar-refractivity contribution >= 4 is 15.9 Å². The summed E-state index contributed by atoms with van der Waals surface area (Å²) in [5.74, 6) is 1.51. The van der Waals surface area contributed by atoms with Gasteiger partial charge in [0, 0.05) is 10.0 Å². The van der Waals surface area contributed by atoms with Crippen molar-refractivity contribution in [2.75, 3.05) is 21.3 Å². The van der Waals surface area contributed by atoms with Crippen molar-refractivity contribution < 1.29 is 19.3 Å². The quantitative estimate of drug-likeness (QED) is 0.914. The van der Waals surface area contributed by atoms with Crippen LogP contribution in [-0.2, 0) is 6.61 Å². The Bertz CT molecular complexity index is 352. The molecule has 0 spiro atoms. The van der Waals surface area contributed by atoms with Gasteiger partial charge in [0.2, 0.25) is 5.75 Å². The van der Waals surface area contributed by atoms with E-state index in [0.29, 0.717) is 22.8 Å². The predicted octanol–water partition coefficient (Wildman–Crippen LogP) is 1.97. The van der Waals surface area contributed by atoms with Crippen molar-refractivity contribution in [3.05, 3.63) is 16.1 Å². The van der Waals surface area contributed by atoms with Crippen LogP contribution in [0.2, 0.25) is 0 Å². The molecule has 0 saturated carbocycles. The van der Waals surface area contributed by atoms with E-state index in [4.69, 9.17) is 14.2 Å². The highest BCUT2D eigenvalue weighted by atomic mass is 79.9. The molecule has 5 heteroatoms. The van der Waals surface area contributed by atoms with Crippen LogP contribution in [0.5, 0.6) is 17.2 Å². The van der Waals surface area contributed by atoms with Crippen molar-refractivity contribution in [2.24, 2.45) is 0 Å². The lowest BCUT2D eigenvalue weighted by atomic mass is 10.2. The molecule has 0 saturated heterocycles. The molecule has 1 aromatic rings. The number of hydrogen-bond donors (Lipinski definition) is 1. The number of aliphatic hydroxyl groups excluding tert-OH is 1. The van der Waals surface area contributed by atoms with Gasteiger partial charge in [0.1, 0.15) is 0 Å². The molecule has 0 unspecified atom stereocenters. The van der Waals surface area contributed by atoms with Crippen molar-refractivity contribution in [3.8, 4) is 17.2 Å². The number of halogens is 1. The van der Waals surface area contributed by atoms with Gasteiger partial charge in [-0.25, -0.2) is 0 Å². The molecule has 0 aliphatic carbocycles. The van der Waals surface area contributed by atoms with Crippen LogP contribution in [0.4, 0.5) is 0 Å². The van der Waals surface area contributed by atoms with E-state index in [0.717, 1.165) is 4.47 Å². The minimum Gasteiger partial charge on any atom is -0.493 e. The van der Waals surface area contributed by atoms with E-state index >= 15 is 0 Å². The maximum atomic E-state index is 9.21. The van der Waals surface area contributed by atoms with Gasteiger partial charge in [-0.1, -0.05) is 15.9 Å². The average molecular weight is 277 g/mol. The van der Waals surface area contributed by atoms with Crippen LogP contribution >= 0.6 is 15.9 Å². The van der Waals surface area contributed by atoms with Crippen molar-refractivity contribution in [3.63, 3.8) is 0 Å². The van der Waals surface area contributed by atoms with E-state index in [1.165, 1.54) is 14.2 Å². The third-order valence-electron chi connectivity index (χ3n) is 2.04. The molecular formula is C10H13BrO4. The van der Waals surface area contributed by atoms with Crippen LogP contribution in [0.3, 0.4) is 0 Å². The lowest BCUT2D eigenvalue weighted by molar-refractivity contribution is 0.266. The zero-order chi connectivity index (χ0) is 11.4. The Morgan fingerprint density at radius 3 is 2.13 bits per heavy atom. The fraction of sp³-hybridized carbons (Fsp3) is 0.400. The highest BCUT2D eigenvalue weighted by Gasteiger charge is 2.18. The molecule has 0 aromatic heterocycles. The number of ether oxygens (including phenoxy) is 3. The van der Waals surface area contributed by atoms with E-state index in [1.807, 2.05) is 0 Å². The SMILES string of the molecule is COc1cc(Br)c(CO)c(OC)c1OC. The minimum absolute atomic E-state index is 0.135. The summed E-state index contributed by atoms with van der Waals surface area (Å²) >= 11 is 3.33. The lowest BCUT2D eigenvalue weighted by Gasteiger charge is -2.16. The molecule has 1 N–H and O–H groups in total. The van der Waals surface area contributed by atoms with Gasteiger partial charge in [-0.15, -0.1) is 0 Å². The molecular weight excluding hydrogens is 264 g/mol. The van der Waals surface area contributed by atoms with Crippen molar-refractivity contribution in [1.29, 1.82) is 0 Å². The second kappa shape index (κ2) is 5.23. The summed E-state index contributed by atoms with van der Waals surface area (Å²) in [6.07, 6.45) is 0. The topological polar surface area (TPSA) is 47.9 Å². The second-order valence-electron chi connectivity index (χ2n) is 2.76. The Balaban J connectivity index is 3.44. The summed E-state index contributed by atoms with van der Waals surface area (Å²) in [7, 11) is 4.58. The first-order chi connectivity index (χ1) is 7.19. The van der Waals surface area contributed by atoms with Crippen LogP contribution in [0.15, 0.2) is 10.5 Å². The number of hydrogen-bond acceptors (Lipinski definition) is 4. The molecule has 1 rings (SSSR count). The smallest absolute Gasteiger partial charge is 0.203 e. The Morgan fingerprint density at radius 1 is 1.13 bits per heavy atom. The molecule has 0 bridgehead atoms. The van der Waals surface area contributed by atoms with E-state index in [-0.39, 0.29) is 6.61 Å². The zero-order valence-corrected chi connectivity index (χ0v) is 10.4. The van der Waals surface area contributed by atoms with Crippen LogP contribution in [0.1, 0.15) is 5.56 Å². The van der Waals surface area contributed by atoms with Gasteiger partial charge in [0.15, 0.2) is 11.5 Å². The summed E-state index contributed by atoms with van der Waals surface area (Å²) < 4.78 is 16.2. The Labute approximate surface area is 96.9 Å². The van der Waals surface area contributed by atoms with Crippen LogP contribution in [0, 0.1) is 0 Å². The molecule has 0 amide bonds. The normalized spacial score (nSPS) is 9.93. The molecule has 0 radical (unpaired) electrons. The Kier molecular flexibility index (Phi) is 4.23. The van der Waals surface area contributed by atoms with Gasteiger partial charge in [-0.05, 0) is 6.07 Å². The minimum atomic E-state index is -0.135. The monoisotopic (exact) mass is 276 g/mol. The third-order valence-corrected chi connectivity index (χ3v) is 2.74. The van der Waals surface area contributed by atoms with Gasteiger partial charge in [0.25, 0.3) is 0 Å². The van der Waals surface area contributed by atoms with Gasteiger partial charge < -0.3 is 19.3 Å². The highest BCUT2D eigenvalue weighted by Crippen LogP contribution is 2.43. The molecule has 0 aliphatic rings. The van der Waals surface area contributed by atoms with Crippen LogP contribution < -0.4 is 14.2 Å². The van der Waals surface area contributed by atoms with Gasteiger partial charge in [-0.3, -0.25) is 0 Å². The van der Waals surface area contributed by atoms with E-state index in [9.17, 15) is 5.11 Å². The molecule has 4 nitrogen and oxygen atoms in total. The average Bonchev–Trinajstić information content (AvgIpc) is 2.27. The standard InChI is InChI=1S/C10H13BrO4/c1-13-8-4-7(11)6(5-12)9(14-2)10(8)15-3/h4,12H,5H2,1-3H3. The summed E-state index contributed by atoms with van der Waals surface area (Å²) in [6, 6.07) is 1.73. The van der Waals surface area contributed by atoms with Gasteiger partial charge in [0.05, 0.1) is 27.9 Å². The first-order valence-corrected chi connectivity index (χ1v) is 5.07. The molecule has 1 aromatic carbocycles. The van der Waals surface area contributed by atoms with Crippen molar-refractivity contribution in [1.82, 2.24) is 0 Å². The first-order valence-electron chi connectivity index (χ1n) is 4.27. The van der Waals surface area contributed by atoms with E-state index in [2.05, 4.69) is 15.9 Å². The summed E-state index contributed by atoms with van der Waals surface area (Å²) in [4.78, 5) is 0. The van der Waals surface area contributed by atoms with E-state index in [1.54, 1.807) is 13.2 Å². The zero-order valence-electron chi connectivity index (χ0n) is 8.83. The predicted molar refractivity (Wildman–Crippen MR) is 59.7 cm³/mol. The fourth-order valence-electron chi connectivity index (χ4n) is 1.33. The number of rotatable bonds is 4. The summed E-state index contributed by atoms with van der Waals surface area (Å²) in [5.41, 5.74) is 0.634. The van der Waals surface area contributed by atoms with Gasteiger partial charge >= 0.3 is 0 Å². The Hall–Kier alpha value is -0.940. The summed E-state index contributed by atoms with van der Waals surface area (Å²) in [5, 5.41) is 9.21. The molecule has 0 fully saturated rings. The maximum absolute atomic E-state index is 9.21. The van der Waals surface area contributed by atoms with Crippen molar-refractivity contribution in [2.45, 2.75) is 6.61 Å². The van der Waals surface area contributed by atoms with Gasteiger partial charge in [-0.2, -0.15) is 0 Å². The molecule has 0 aliphatic heterocycles. The number of methoxy groups -OCH3 is 3. The lowest BCUT2D eigenvalue weighted by Crippen LogP contribution is -2.00. The Morgan fingerprint density at radius 2 is 1.73 bits per heavy atom. The van der Waals surface area contributed by atoms with Crippen LogP contribution in [-0.4, -0.2) is 26.4 Å². The molecule has 84 valence electrons. The second-order valence-corrected chi connectivity index (χ2v) is 3.62. The summed E-state index contributed by atoms with van der Waals surface area (Å²) in [6.45, 7) is -0.135. The third kappa shape index (κ3) is 2.18. The fourth-order valence-corrected chi connectivity index (χ4v) is 1.85. The largest absolute Gasteiger partial charge is 0.493 e.